The van der Waals surface area contributed by atoms with Crippen LogP contribution in [0, 0.1) is 12.3 Å². The molecule has 1 saturated heterocycles. The van der Waals surface area contributed by atoms with Crippen LogP contribution in [-0.2, 0) is 15.1 Å². The highest BCUT2D eigenvalue weighted by molar-refractivity contribution is 6.04. The summed E-state index contributed by atoms with van der Waals surface area (Å²) in [6.07, 6.45) is 13.5. The van der Waals surface area contributed by atoms with Gasteiger partial charge in [0.15, 0.2) is 0 Å². The number of hydrogen-bond acceptors (Lipinski definition) is 7. The number of likely N-dealkylation sites (N-methyl/N-ethyl adjacent to an activating group) is 1. The number of amides is 1. The van der Waals surface area contributed by atoms with Gasteiger partial charge < -0.3 is 25.3 Å². The lowest BCUT2D eigenvalue weighted by molar-refractivity contribution is -0.139. The fourth-order valence-corrected chi connectivity index (χ4v) is 7.15. The number of carbonyl (C=O) groups is 1. The molecular formula is C30H31N7O2. The largest absolute Gasteiger partial charge is 0.383 e. The summed E-state index contributed by atoms with van der Waals surface area (Å²) in [4.78, 5) is 29.1. The quantitative estimate of drug-likeness (QED) is 0.397. The van der Waals surface area contributed by atoms with Gasteiger partial charge in [-0.15, -0.1) is 6.42 Å². The number of rotatable bonds is 4. The summed E-state index contributed by atoms with van der Waals surface area (Å²) in [5, 5.41) is 5.17. The average Bonchev–Trinajstić information content (AvgIpc) is 3.61. The van der Waals surface area contributed by atoms with Crippen LogP contribution in [0.5, 0.6) is 0 Å². The summed E-state index contributed by atoms with van der Waals surface area (Å²) in [6.45, 7) is 2.02. The molecule has 0 unspecified atom stereocenters. The number of nitrogens with zero attached hydrogens (tertiary/aromatic N) is 5. The predicted octanol–water partition coefficient (Wildman–Crippen LogP) is 3.07. The lowest BCUT2D eigenvalue weighted by Gasteiger charge is -2.33. The van der Waals surface area contributed by atoms with Crippen molar-refractivity contribution in [2.45, 2.75) is 49.3 Å². The smallest absolute Gasteiger partial charge is 0.250 e. The number of nitrogens with two attached hydrogens (primary N) is 1. The van der Waals surface area contributed by atoms with E-state index in [2.05, 4.69) is 31.8 Å². The van der Waals surface area contributed by atoms with Crippen molar-refractivity contribution in [2.24, 2.45) is 0 Å². The predicted molar refractivity (Wildman–Crippen MR) is 150 cm³/mol. The first-order valence-corrected chi connectivity index (χ1v) is 13.5. The Bertz CT molecular complexity index is 1660. The van der Waals surface area contributed by atoms with E-state index in [1.54, 1.807) is 0 Å². The third-order valence-electron chi connectivity index (χ3n) is 9.02. The normalized spacial score (nSPS) is 26.7. The summed E-state index contributed by atoms with van der Waals surface area (Å²) in [7, 11) is 2.02. The molecule has 1 amide bonds. The van der Waals surface area contributed by atoms with Crippen molar-refractivity contribution in [2.75, 3.05) is 32.5 Å². The molecule has 3 fully saturated rings. The number of anilines is 1. The van der Waals surface area contributed by atoms with E-state index in [0.717, 1.165) is 77.4 Å². The molecule has 1 aromatic carbocycles. The first-order chi connectivity index (χ1) is 18.9. The van der Waals surface area contributed by atoms with E-state index in [0.29, 0.717) is 19.0 Å². The Morgan fingerprint density at radius 3 is 2.82 bits per heavy atom. The van der Waals surface area contributed by atoms with Crippen molar-refractivity contribution < 1.29 is 9.53 Å². The number of terminal acetylenes is 1. The number of nitrogens with one attached hydrogen (secondary N) is 1. The van der Waals surface area contributed by atoms with Gasteiger partial charge in [0.25, 0.3) is 5.91 Å². The highest BCUT2D eigenvalue weighted by Crippen LogP contribution is 2.57. The van der Waals surface area contributed by atoms with Crippen LogP contribution in [0.15, 0.2) is 42.9 Å². The van der Waals surface area contributed by atoms with E-state index in [1.165, 1.54) is 6.33 Å². The van der Waals surface area contributed by atoms with E-state index in [-0.39, 0.29) is 17.0 Å². The zero-order valence-corrected chi connectivity index (χ0v) is 22.0. The first kappa shape index (κ1) is 24.1. The summed E-state index contributed by atoms with van der Waals surface area (Å²) >= 11 is 0. The van der Waals surface area contributed by atoms with Gasteiger partial charge in [-0.1, -0.05) is 24.1 Å². The minimum atomic E-state index is -0.443. The van der Waals surface area contributed by atoms with Gasteiger partial charge in [0.05, 0.1) is 17.5 Å². The number of morpholine rings is 1. The summed E-state index contributed by atoms with van der Waals surface area (Å²) in [6, 6.07) is 10.1. The third-order valence-corrected chi connectivity index (χ3v) is 9.02. The van der Waals surface area contributed by atoms with Crippen LogP contribution in [0.25, 0.3) is 33.1 Å². The zero-order valence-electron chi connectivity index (χ0n) is 22.0. The van der Waals surface area contributed by atoms with E-state index in [9.17, 15) is 4.79 Å². The maximum absolute atomic E-state index is 13.3. The molecule has 9 nitrogen and oxygen atoms in total. The fourth-order valence-electron chi connectivity index (χ4n) is 7.15. The van der Waals surface area contributed by atoms with Gasteiger partial charge in [-0.25, -0.2) is 9.97 Å². The molecule has 1 aliphatic heterocycles. The van der Waals surface area contributed by atoms with Crippen molar-refractivity contribution in [3.63, 3.8) is 0 Å². The summed E-state index contributed by atoms with van der Waals surface area (Å²) < 4.78 is 8.02. The first-order valence-electron chi connectivity index (χ1n) is 13.5. The van der Waals surface area contributed by atoms with Gasteiger partial charge in [-0.05, 0) is 51.3 Å². The minimum absolute atomic E-state index is 0.0247. The highest BCUT2D eigenvalue weighted by atomic mass is 16.5. The zero-order chi connectivity index (χ0) is 26.8. The molecule has 2 aliphatic carbocycles. The average molecular weight is 522 g/mol. The molecule has 0 radical (unpaired) electrons. The molecule has 3 aliphatic rings. The van der Waals surface area contributed by atoms with Gasteiger partial charge in [0.1, 0.15) is 29.6 Å². The molecule has 1 atom stereocenters. The SMILES string of the molecule is C#Cc1c(-c2cnc3ccccc3c2)c2c(N)ncnc2n1C12CCC(NC(=O)[C@@H]3CN(C)CCO3)(CC1)C2. The monoisotopic (exact) mass is 521 g/mol. The lowest BCUT2D eigenvalue weighted by Crippen LogP contribution is -2.54. The van der Waals surface area contributed by atoms with Crippen LogP contribution in [0.1, 0.15) is 37.8 Å². The van der Waals surface area contributed by atoms with E-state index in [1.807, 2.05) is 37.5 Å². The molecule has 3 aromatic heterocycles. The minimum Gasteiger partial charge on any atom is -0.383 e. The van der Waals surface area contributed by atoms with Gasteiger partial charge >= 0.3 is 0 Å². The van der Waals surface area contributed by atoms with Crippen LogP contribution < -0.4 is 11.1 Å². The van der Waals surface area contributed by atoms with Crippen LogP contribution in [0.2, 0.25) is 0 Å². The number of benzene rings is 1. The van der Waals surface area contributed by atoms with Gasteiger partial charge in [-0.3, -0.25) is 9.78 Å². The summed E-state index contributed by atoms with van der Waals surface area (Å²) in [5.41, 5.74) is 10.0. The second-order valence-electron chi connectivity index (χ2n) is 11.4. The molecule has 2 saturated carbocycles. The maximum Gasteiger partial charge on any atom is 0.250 e. The van der Waals surface area contributed by atoms with E-state index in [4.69, 9.17) is 26.9 Å². The molecule has 4 aromatic rings. The molecule has 0 spiro atoms. The molecule has 198 valence electrons. The highest BCUT2D eigenvalue weighted by Gasteiger charge is 2.57. The number of para-hydroxylation sites is 1. The van der Waals surface area contributed by atoms with Crippen molar-refractivity contribution in [1.29, 1.82) is 0 Å². The molecule has 3 N–H and O–H groups in total. The Morgan fingerprint density at radius 1 is 1.21 bits per heavy atom. The van der Waals surface area contributed by atoms with Gasteiger partial charge in [0, 0.05) is 46.9 Å². The van der Waals surface area contributed by atoms with Crippen molar-refractivity contribution >= 4 is 33.7 Å². The van der Waals surface area contributed by atoms with E-state index >= 15 is 0 Å². The Morgan fingerprint density at radius 2 is 2.03 bits per heavy atom. The van der Waals surface area contributed by atoms with Crippen molar-refractivity contribution in [3.8, 4) is 23.5 Å². The number of carbonyl (C=O) groups excluding carboxylic acids is 1. The molecule has 7 rings (SSSR count). The maximum atomic E-state index is 13.3. The van der Waals surface area contributed by atoms with Gasteiger partial charge in [-0.2, -0.15) is 0 Å². The summed E-state index contributed by atoms with van der Waals surface area (Å²) in [5.74, 6) is 3.36. The lowest BCUT2D eigenvalue weighted by atomic mass is 9.90. The molecule has 39 heavy (non-hydrogen) atoms. The van der Waals surface area contributed by atoms with Crippen molar-refractivity contribution in [3.05, 3.63) is 48.5 Å². The Labute approximate surface area is 226 Å². The molecule has 9 heteroatoms. The van der Waals surface area contributed by atoms with Gasteiger partial charge in [0.2, 0.25) is 0 Å². The number of fused-ring (bicyclic) bond motifs is 4. The number of hydrogen-bond donors (Lipinski definition) is 2. The number of aromatic nitrogens is 4. The van der Waals surface area contributed by atoms with Crippen LogP contribution in [0.4, 0.5) is 5.82 Å². The topological polar surface area (TPSA) is 111 Å². The molecule has 2 bridgehead atoms. The van der Waals surface area contributed by atoms with E-state index < -0.39 is 6.10 Å². The standard InChI is InChI=1S/C30H31N7O2/c1-3-22-24(20-14-19-6-4-5-7-21(19)32-15-20)25-26(31)33-18-34-27(25)37(22)30-10-8-29(17-30,9-11-30)35-28(38)23-16-36(2)12-13-39-23/h1,4-7,14-15,18,23H,8-13,16-17H2,2H3,(H,35,38)(H2,31,33,34)/t23-,29?,30?/m0/s1. The Hall–Kier alpha value is -4.00. The fraction of sp³-hybridized carbons (Fsp3) is 0.400. The van der Waals surface area contributed by atoms with Crippen LogP contribution in [-0.4, -0.2) is 68.7 Å². The Kier molecular flexibility index (Phi) is 5.41. The van der Waals surface area contributed by atoms with Crippen LogP contribution >= 0.6 is 0 Å². The Balaban J connectivity index is 1.31. The third kappa shape index (κ3) is 3.70. The number of nitrogen functional groups attached to an aromatic ring is 1. The number of pyridine rings is 1. The van der Waals surface area contributed by atoms with Crippen LogP contribution in [0.3, 0.4) is 0 Å². The molecular weight excluding hydrogens is 490 g/mol. The second-order valence-corrected chi connectivity index (χ2v) is 11.4. The molecule has 4 heterocycles. The number of ether oxygens (including phenoxy) is 1. The van der Waals surface area contributed by atoms with Crippen molar-refractivity contribution in [1.82, 2.24) is 29.7 Å². The second kappa shape index (κ2) is 8.76.